The van der Waals surface area contributed by atoms with E-state index in [1.807, 2.05) is 6.07 Å². The molecule has 0 aliphatic heterocycles. The summed E-state index contributed by atoms with van der Waals surface area (Å²) in [6.45, 7) is -0.0471. The van der Waals surface area contributed by atoms with Crippen molar-refractivity contribution < 1.29 is 14.4 Å². The van der Waals surface area contributed by atoms with Gasteiger partial charge in [0.2, 0.25) is 5.82 Å². The highest BCUT2D eigenvalue weighted by Gasteiger charge is 2.11. The van der Waals surface area contributed by atoms with E-state index in [0.29, 0.717) is 11.4 Å². The maximum atomic E-state index is 11.6. The minimum absolute atomic E-state index is 0.0471. The van der Waals surface area contributed by atoms with E-state index < -0.39 is 5.97 Å². The second-order valence-electron chi connectivity index (χ2n) is 3.09. The molecule has 0 radical (unpaired) electrons. The van der Waals surface area contributed by atoms with E-state index in [9.17, 15) is 4.79 Å². The number of hydrogen-bond donors (Lipinski definition) is 0. The third-order valence-corrected chi connectivity index (χ3v) is 2.02. The van der Waals surface area contributed by atoms with Crippen LogP contribution in [0.4, 0.5) is 0 Å². The van der Waals surface area contributed by atoms with Gasteiger partial charge in [0.1, 0.15) is 7.11 Å². The van der Waals surface area contributed by atoms with Crippen molar-refractivity contribution in [3.63, 3.8) is 0 Å². The van der Waals surface area contributed by atoms with E-state index >= 15 is 0 Å². The number of hydrogen-bond acceptors (Lipinski definition) is 6. The highest BCUT2D eigenvalue weighted by atomic mass is 16.7. The number of rotatable bonds is 4. The fraction of sp³-hybridized carbons (Fsp3) is 0.200. The van der Waals surface area contributed by atoms with Gasteiger partial charge in [-0.1, -0.05) is 23.0 Å². The van der Waals surface area contributed by atoms with E-state index in [1.54, 1.807) is 24.3 Å². The molecule has 0 amide bonds. The van der Waals surface area contributed by atoms with Crippen molar-refractivity contribution in [1.29, 1.82) is 0 Å². The smallest absolute Gasteiger partial charge is 0.338 e. The molecule has 0 bridgehead atoms. The molecular weight excluding hydrogens is 224 g/mol. The van der Waals surface area contributed by atoms with Crippen LogP contribution in [0.5, 0.6) is 0 Å². The number of esters is 1. The van der Waals surface area contributed by atoms with Crippen molar-refractivity contribution in [3.8, 4) is 0 Å². The monoisotopic (exact) mass is 234 g/mol. The molecule has 0 unspecified atom stereocenters. The molecule has 1 heterocycles. The van der Waals surface area contributed by atoms with E-state index in [0.717, 1.165) is 4.85 Å². The molecule has 0 aliphatic carbocycles. The Bertz CT molecular complexity index is 497. The maximum absolute atomic E-state index is 11.6. The first-order valence-corrected chi connectivity index (χ1v) is 4.85. The molecule has 0 N–H and O–H groups in total. The third-order valence-electron chi connectivity index (χ3n) is 2.02. The van der Waals surface area contributed by atoms with Crippen LogP contribution in [-0.2, 0) is 11.3 Å². The molecule has 0 aliphatic rings. The summed E-state index contributed by atoms with van der Waals surface area (Å²) >= 11 is 0. The number of carbonyl (C=O) groups is 1. The predicted octanol–water partition coefficient (Wildman–Crippen LogP) is 0.0885. The molecule has 0 atom stereocenters. The van der Waals surface area contributed by atoms with Gasteiger partial charge in [-0.2, -0.15) is 0 Å². The fourth-order valence-corrected chi connectivity index (χ4v) is 1.21. The number of benzene rings is 1. The van der Waals surface area contributed by atoms with Crippen molar-refractivity contribution in [2.45, 2.75) is 6.61 Å². The highest BCUT2D eigenvalue weighted by molar-refractivity contribution is 5.89. The minimum Gasteiger partial charge on any atom is -0.454 e. The highest BCUT2D eigenvalue weighted by Crippen LogP contribution is 2.03. The van der Waals surface area contributed by atoms with Crippen molar-refractivity contribution in [2.24, 2.45) is 0 Å². The first-order chi connectivity index (χ1) is 8.31. The second-order valence-corrected chi connectivity index (χ2v) is 3.09. The predicted molar refractivity (Wildman–Crippen MR) is 55.9 cm³/mol. The molecule has 7 heteroatoms. The SMILES string of the molecule is COn1nnnc1COC(=O)c1ccccc1. The molecule has 7 nitrogen and oxygen atoms in total. The molecule has 0 spiro atoms. The zero-order valence-corrected chi connectivity index (χ0v) is 9.11. The summed E-state index contributed by atoms with van der Waals surface area (Å²) in [5, 5.41) is 10.6. The molecular formula is C10H10N4O3. The quantitative estimate of drug-likeness (QED) is 0.697. The number of aromatic nitrogens is 4. The van der Waals surface area contributed by atoms with E-state index in [1.165, 1.54) is 7.11 Å². The molecule has 0 fully saturated rings. The summed E-state index contributed by atoms with van der Waals surface area (Å²) in [6.07, 6.45) is 0. The lowest BCUT2D eigenvalue weighted by Crippen LogP contribution is -2.15. The summed E-state index contributed by atoms with van der Waals surface area (Å²) in [7, 11) is 1.42. The number of tetrazole rings is 1. The van der Waals surface area contributed by atoms with Crippen LogP contribution in [0, 0.1) is 0 Å². The minimum atomic E-state index is -0.434. The Morgan fingerprint density at radius 3 is 2.82 bits per heavy atom. The second kappa shape index (κ2) is 5.06. The lowest BCUT2D eigenvalue weighted by molar-refractivity contribution is 0.0404. The van der Waals surface area contributed by atoms with Gasteiger partial charge in [-0.3, -0.25) is 0 Å². The zero-order valence-electron chi connectivity index (χ0n) is 9.11. The number of nitrogens with zero attached hydrogens (tertiary/aromatic N) is 4. The molecule has 0 saturated heterocycles. The van der Waals surface area contributed by atoms with Gasteiger partial charge in [-0.25, -0.2) is 4.79 Å². The molecule has 2 rings (SSSR count). The number of ether oxygens (including phenoxy) is 1. The van der Waals surface area contributed by atoms with E-state index in [-0.39, 0.29) is 6.61 Å². The van der Waals surface area contributed by atoms with Crippen molar-refractivity contribution in [3.05, 3.63) is 41.7 Å². The lowest BCUT2D eigenvalue weighted by Gasteiger charge is -2.04. The Morgan fingerprint density at radius 1 is 1.35 bits per heavy atom. The number of carbonyl (C=O) groups excluding carboxylic acids is 1. The van der Waals surface area contributed by atoms with Gasteiger partial charge in [0, 0.05) is 0 Å². The van der Waals surface area contributed by atoms with Crippen LogP contribution >= 0.6 is 0 Å². The summed E-state index contributed by atoms with van der Waals surface area (Å²) in [5.74, 6) is -0.118. The van der Waals surface area contributed by atoms with E-state index in [2.05, 4.69) is 15.5 Å². The van der Waals surface area contributed by atoms with Gasteiger partial charge in [-0.15, -0.1) is 5.10 Å². The van der Waals surface area contributed by atoms with Crippen LogP contribution in [0.1, 0.15) is 16.2 Å². The summed E-state index contributed by atoms with van der Waals surface area (Å²) in [6, 6.07) is 8.68. The average molecular weight is 234 g/mol. The van der Waals surface area contributed by atoms with Crippen LogP contribution in [0.25, 0.3) is 0 Å². The Hall–Kier alpha value is -2.44. The van der Waals surface area contributed by atoms with Gasteiger partial charge in [0.25, 0.3) is 0 Å². The van der Waals surface area contributed by atoms with Gasteiger partial charge < -0.3 is 9.57 Å². The van der Waals surface area contributed by atoms with Gasteiger partial charge in [0.05, 0.1) is 5.56 Å². The molecule has 17 heavy (non-hydrogen) atoms. The van der Waals surface area contributed by atoms with Gasteiger partial charge in [-0.05, 0) is 22.6 Å². The van der Waals surface area contributed by atoms with Crippen LogP contribution in [0.2, 0.25) is 0 Å². The van der Waals surface area contributed by atoms with Crippen molar-refractivity contribution in [2.75, 3.05) is 7.11 Å². The average Bonchev–Trinajstić information content (AvgIpc) is 2.84. The van der Waals surface area contributed by atoms with Gasteiger partial charge >= 0.3 is 5.97 Å². The van der Waals surface area contributed by atoms with Crippen molar-refractivity contribution in [1.82, 2.24) is 20.4 Å². The van der Waals surface area contributed by atoms with Crippen LogP contribution in [0.3, 0.4) is 0 Å². The van der Waals surface area contributed by atoms with E-state index in [4.69, 9.17) is 9.57 Å². The lowest BCUT2D eigenvalue weighted by atomic mass is 10.2. The first kappa shape index (κ1) is 11.1. The third kappa shape index (κ3) is 2.57. The Balaban J connectivity index is 1.97. The fourth-order valence-electron chi connectivity index (χ4n) is 1.21. The molecule has 1 aromatic carbocycles. The maximum Gasteiger partial charge on any atom is 0.338 e. The summed E-state index contributed by atoms with van der Waals surface area (Å²) in [5.41, 5.74) is 0.476. The van der Waals surface area contributed by atoms with Crippen molar-refractivity contribution >= 4 is 5.97 Å². The van der Waals surface area contributed by atoms with Crippen LogP contribution in [-0.4, -0.2) is 33.4 Å². The molecule has 2 aromatic rings. The molecule has 1 aromatic heterocycles. The molecule has 88 valence electrons. The Kier molecular flexibility index (Phi) is 3.29. The van der Waals surface area contributed by atoms with Crippen LogP contribution in [0.15, 0.2) is 30.3 Å². The summed E-state index contributed by atoms with van der Waals surface area (Å²) in [4.78, 5) is 17.5. The summed E-state index contributed by atoms with van der Waals surface area (Å²) < 4.78 is 5.03. The first-order valence-electron chi connectivity index (χ1n) is 4.85. The topological polar surface area (TPSA) is 79.1 Å². The molecule has 0 saturated carbocycles. The largest absolute Gasteiger partial charge is 0.454 e. The standard InChI is InChI=1S/C10H10N4O3/c1-16-14-9(11-12-13-14)7-17-10(15)8-5-3-2-4-6-8/h2-6H,7H2,1H3. The van der Waals surface area contributed by atoms with Gasteiger partial charge in [0.15, 0.2) is 6.61 Å². The Morgan fingerprint density at radius 2 is 2.12 bits per heavy atom. The normalized spacial score (nSPS) is 9.94. The Labute approximate surface area is 96.9 Å². The van der Waals surface area contributed by atoms with Crippen LogP contribution < -0.4 is 4.84 Å². The zero-order chi connectivity index (χ0) is 12.1.